The Hall–Kier alpha value is -2.78. The highest BCUT2D eigenvalue weighted by Gasteiger charge is 2.32. The lowest BCUT2D eigenvalue weighted by Gasteiger charge is -2.11. The van der Waals surface area contributed by atoms with Gasteiger partial charge in [0.2, 0.25) is 0 Å². The molecule has 0 aliphatic carbocycles. The number of hydrogen-bond donors (Lipinski definition) is 3. The number of hydrogen-bond acceptors (Lipinski definition) is 4. The van der Waals surface area contributed by atoms with Gasteiger partial charge in [0.05, 0.1) is 5.56 Å². The number of amides is 1. The van der Waals surface area contributed by atoms with Crippen LogP contribution in [0.15, 0.2) is 24.3 Å². The molecule has 0 aliphatic heterocycles. The van der Waals surface area contributed by atoms with Crippen molar-refractivity contribution in [3.05, 3.63) is 30.1 Å². The van der Waals surface area contributed by atoms with E-state index in [9.17, 15) is 18.0 Å². The van der Waals surface area contributed by atoms with Crippen LogP contribution in [0.25, 0.3) is 11.4 Å². The summed E-state index contributed by atoms with van der Waals surface area (Å²) in [4.78, 5) is 14.3. The summed E-state index contributed by atoms with van der Waals surface area (Å²) in [5, 5.41) is 16.9. The van der Waals surface area contributed by atoms with Gasteiger partial charge in [-0.05, 0) is 12.1 Å². The summed E-state index contributed by atoms with van der Waals surface area (Å²) in [5.41, 5.74) is 0.0773. The van der Waals surface area contributed by atoms with Crippen LogP contribution >= 0.6 is 0 Å². The van der Waals surface area contributed by atoms with Crippen molar-refractivity contribution in [1.82, 2.24) is 20.5 Å². The molecule has 0 radical (unpaired) electrons. The number of alkyl halides is 3. The van der Waals surface area contributed by atoms with E-state index in [0.29, 0.717) is 5.82 Å². The minimum Gasteiger partial charge on any atom is -0.465 e. The minimum absolute atomic E-state index is 0.0326. The number of aromatic nitrogens is 3. The number of aromatic amines is 1. The maximum atomic E-state index is 12.3. The largest absolute Gasteiger partial charge is 0.573 e. The Labute approximate surface area is 122 Å². The van der Waals surface area contributed by atoms with E-state index in [1.165, 1.54) is 18.2 Å². The zero-order valence-electron chi connectivity index (χ0n) is 11.0. The van der Waals surface area contributed by atoms with Gasteiger partial charge in [-0.25, -0.2) is 9.78 Å². The monoisotopic (exact) mass is 316 g/mol. The van der Waals surface area contributed by atoms with Crippen molar-refractivity contribution < 1.29 is 27.8 Å². The number of halogens is 3. The summed E-state index contributed by atoms with van der Waals surface area (Å²) in [6.07, 6.45) is -5.77. The van der Waals surface area contributed by atoms with Crippen molar-refractivity contribution in [2.24, 2.45) is 0 Å². The minimum atomic E-state index is -4.82. The van der Waals surface area contributed by atoms with E-state index < -0.39 is 18.2 Å². The molecule has 3 N–H and O–H groups in total. The average molecular weight is 316 g/mol. The van der Waals surface area contributed by atoms with Crippen molar-refractivity contribution in [1.29, 1.82) is 0 Å². The van der Waals surface area contributed by atoms with Crippen molar-refractivity contribution >= 4 is 6.09 Å². The third kappa shape index (κ3) is 4.36. The molecule has 1 aromatic heterocycles. The number of nitrogens with zero attached hydrogens (tertiary/aromatic N) is 2. The summed E-state index contributed by atoms with van der Waals surface area (Å²) in [6, 6.07) is 5.48. The topological polar surface area (TPSA) is 100 Å². The summed E-state index contributed by atoms with van der Waals surface area (Å²) < 4.78 is 41.0. The van der Waals surface area contributed by atoms with Crippen molar-refractivity contribution in [3.63, 3.8) is 0 Å². The molecule has 0 fully saturated rings. The number of para-hydroxylation sites is 1. The van der Waals surface area contributed by atoms with Crippen molar-refractivity contribution in [3.8, 4) is 17.1 Å². The predicted octanol–water partition coefficient (Wildman–Crippen LogP) is 2.18. The molecule has 0 atom stereocenters. The standard InChI is InChI=1S/C12H11F3N4O3/c13-12(14,15)22-8-4-2-1-3-7(8)10-17-9(18-19-10)5-6-16-11(20)21/h1-4,16H,5-6H2,(H,20,21)(H,17,18,19). The first-order chi connectivity index (χ1) is 10.3. The van der Waals surface area contributed by atoms with Gasteiger partial charge >= 0.3 is 12.5 Å². The van der Waals surface area contributed by atoms with Gasteiger partial charge in [-0.15, -0.1) is 13.2 Å². The number of carbonyl (C=O) groups is 1. The van der Waals surface area contributed by atoms with Crippen LogP contribution in [0.3, 0.4) is 0 Å². The van der Waals surface area contributed by atoms with Crippen molar-refractivity contribution in [2.75, 3.05) is 6.54 Å². The molecule has 7 nitrogen and oxygen atoms in total. The fourth-order valence-corrected chi connectivity index (χ4v) is 1.68. The smallest absolute Gasteiger partial charge is 0.465 e. The van der Waals surface area contributed by atoms with Gasteiger partial charge in [-0.2, -0.15) is 5.10 Å². The Bertz CT molecular complexity index is 657. The van der Waals surface area contributed by atoms with Crippen LogP contribution in [-0.2, 0) is 6.42 Å². The van der Waals surface area contributed by atoms with Crippen LogP contribution in [0.1, 0.15) is 5.82 Å². The number of ether oxygens (including phenoxy) is 1. The third-order valence-electron chi connectivity index (χ3n) is 2.52. The zero-order valence-corrected chi connectivity index (χ0v) is 11.0. The van der Waals surface area contributed by atoms with Gasteiger partial charge in [0.1, 0.15) is 11.6 Å². The molecule has 22 heavy (non-hydrogen) atoms. The second-order valence-corrected chi connectivity index (χ2v) is 4.13. The van der Waals surface area contributed by atoms with Gasteiger partial charge in [-0.3, -0.25) is 5.10 Å². The van der Waals surface area contributed by atoms with Crippen LogP contribution in [0.2, 0.25) is 0 Å². The molecule has 1 amide bonds. The highest BCUT2D eigenvalue weighted by molar-refractivity contribution is 5.64. The van der Waals surface area contributed by atoms with E-state index in [1.807, 2.05) is 0 Å². The maximum Gasteiger partial charge on any atom is 0.573 e. The number of H-pyrrole nitrogens is 1. The normalized spacial score (nSPS) is 11.2. The fraction of sp³-hybridized carbons (Fsp3) is 0.250. The van der Waals surface area contributed by atoms with E-state index in [-0.39, 0.29) is 24.4 Å². The Balaban J connectivity index is 2.15. The van der Waals surface area contributed by atoms with Gasteiger partial charge in [0.15, 0.2) is 5.82 Å². The first-order valence-electron chi connectivity index (χ1n) is 6.08. The SMILES string of the molecule is O=C(O)NCCc1nc(-c2ccccc2OC(F)(F)F)n[nH]1. The lowest BCUT2D eigenvalue weighted by atomic mass is 10.2. The third-order valence-corrected chi connectivity index (χ3v) is 2.52. The van der Waals surface area contributed by atoms with E-state index in [4.69, 9.17) is 5.11 Å². The first-order valence-corrected chi connectivity index (χ1v) is 6.08. The summed E-state index contributed by atoms with van der Waals surface area (Å²) >= 11 is 0. The number of nitrogens with one attached hydrogen (secondary N) is 2. The Kier molecular flexibility index (Phi) is 4.49. The number of carboxylic acid groups (broad SMARTS) is 1. The highest BCUT2D eigenvalue weighted by atomic mass is 19.4. The molecule has 10 heteroatoms. The average Bonchev–Trinajstić information content (AvgIpc) is 2.85. The van der Waals surface area contributed by atoms with Gasteiger partial charge in [-0.1, -0.05) is 12.1 Å². The molecule has 118 valence electrons. The Morgan fingerprint density at radius 3 is 2.77 bits per heavy atom. The highest BCUT2D eigenvalue weighted by Crippen LogP contribution is 2.31. The molecule has 0 spiro atoms. The molecule has 2 aromatic rings. The van der Waals surface area contributed by atoms with E-state index in [2.05, 4.69) is 25.2 Å². The summed E-state index contributed by atoms with van der Waals surface area (Å²) in [6.45, 7) is 0.102. The molecule has 2 rings (SSSR count). The van der Waals surface area contributed by atoms with Crippen LogP contribution in [0.5, 0.6) is 5.75 Å². The van der Waals surface area contributed by atoms with Crippen LogP contribution in [0.4, 0.5) is 18.0 Å². The quantitative estimate of drug-likeness (QED) is 0.785. The van der Waals surface area contributed by atoms with Crippen LogP contribution in [0, 0.1) is 0 Å². The molecular formula is C12H11F3N4O3. The lowest BCUT2D eigenvalue weighted by Crippen LogP contribution is -2.23. The second kappa shape index (κ2) is 6.33. The maximum absolute atomic E-state index is 12.3. The molecule has 0 saturated carbocycles. The fourth-order valence-electron chi connectivity index (χ4n) is 1.68. The molecule has 1 aromatic carbocycles. The van der Waals surface area contributed by atoms with E-state index in [1.54, 1.807) is 0 Å². The molecule has 0 unspecified atom stereocenters. The zero-order chi connectivity index (χ0) is 16.2. The molecular weight excluding hydrogens is 305 g/mol. The van der Waals surface area contributed by atoms with E-state index >= 15 is 0 Å². The van der Waals surface area contributed by atoms with Crippen LogP contribution < -0.4 is 10.1 Å². The summed E-state index contributed by atoms with van der Waals surface area (Å²) in [5.74, 6) is -0.0417. The lowest BCUT2D eigenvalue weighted by molar-refractivity contribution is -0.274. The molecule has 1 heterocycles. The predicted molar refractivity (Wildman–Crippen MR) is 68.2 cm³/mol. The molecule has 0 aliphatic rings. The molecule has 0 bridgehead atoms. The first kappa shape index (κ1) is 15.6. The Morgan fingerprint density at radius 2 is 2.09 bits per heavy atom. The number of rotatable bonds is 5. The number of benzene rings is 1. The second-order valence-electron chi connectivity index (χ2n) is 4.13. The van der Waals surface area contributed by atoms with Crippen LogP contribution in [-0.4, -0.2) is 39.3 Å². The van der Waals surface area contributed by atoms with E-state index in [0.717, 1.165) is 6.07 Å². The molecule has 0 saturated heterocycles. The Morgan fingerprint density at radius 1 is 1.36 bits per heavy atom. The van der Waals surface area contributed by atoms with Gasteiger partial charge < -0.3 is 15.2 Å². The van der Waals surface area contributed by atoms with Gasteiger partial charge in [0.25, 0.3) is 0 Å². The van der Waals surface area contributed by atoms with Crippen molar-refractivity contribution in [2.45, 2.75) is 12.8 Å². The van der Waals surface area contributed by atoms with Gasteiger partial charge in [0, 0.05) is 13.0 Å². The summed E-state index contributed by atoms with van der Waals surface area (Å²) in [7, 11) is 0.